The number of carbonyl (C=O) groups is 1. The average Bonchev–Trinajstić information content (AvgIpc) is 2.98. The van der Waals surface area contributed by atoms with E-state index in [1.54, 1.807) is 19.1 Å². The Morgan fingerprint density at radius 2 is 1.52 bits per heavy atom. The van der Waals surface area contributed by atoms with E-state index < -0.39 is 0 Å². The zero-order valence-electron chi connectivity index (χ0n) is 26.6. The van der Waals surface area contributed by atoms with E-state index in [4.69, 9.17) is 9.47 Å². The molecular weight excluding hydrogens is 538 g/mol. The smallest absolute Gasteiger partial charge is 0.339 e. The summed E-state index contributed by atoms with van der Waals surface area (Å²) in [5.74, 6) is 6.02. The maximum absolute atomic E-state index is 11.8. The first-order valence-corrected chi connectivity index (χ1v) is 17.4. The molecule has 0 N–H and O–H groups in total. The Bertz CT molecular complexity index is 1130. The molecule has 4 nitrogen and oxygen atoms in total. The molecule has 42 heavy (non-hydrogen) atoms. The quantitative estimate of drug-likeness (QED) is 0.0980. The molecule has 0 radical (unpaired) electrons. The predicted molar refractivity (Wildman–Crippen MR) is 176 cm³/mol. The number of rotatable bonds is 18. The van der Waals surface area contributed by atoms with Gasteiger partial charge in [0.05, 0.1) is 12.2 Å². The van der Waals surface area contributed by atoms with Crippen molar-refractivity contribution in [1.29, 1.82) is 0 Å². The highest BCUT2D eigenvalue weighted by atomic mass is 32.2. The number of unbranched alkanes of at least 4 members (excludes halogenated alkanes) is 13. The van der Waals surface area contributed by atoms with Crippen molar-refractivity contribution in [3.05, 3.63) is 58.9 Å². The van der Waals surface area contributed by atoms with Crippen molar-refractivity contribution in [2.24, 2.45) is 0 Å². The number of fused-ring (bicyclic) bond motifs is 1. The SMILES string of the molecule is CCCCCCCCCCCCCCCCOC1CC(C)(C)c2cc(C#Cc3ccc(C(=O)OCC)cn3)ccc2S1. The summed E-state index contributed by atoms with van der Waals surface area (Å²) >= 11 is 1.85. The topological polar surface area (TPSA) is 48.4 Å². The second-order valence-corrected chi connectivity index (χ2v) is 13.4. The largest absolute Gasteiger partial charge is 0.462 e. The van der Waals surface area contributed by atoms with Crippen LogP contribution in [0.15, 0.2) is 41.4 Å². The first-order valence-electron chi connectivity index (χ1n) is 16.5. The van der Waals surface area contributed by atoms with Gasteiger partial charge in [0.15, 0.2) is 0 Å². The van der Waals surface area contributed by atoms with Crippen LogP contribution in [0.3, 0.4) is 0 Å². The van der Waals surface area contributed by atoms with Gasteiger partial charge in [0, 0.05) is 23.3 Å². The van der Waals surface area contributed by atoms with Gasteiger partial charge in [0.2, 0.25) is 0 Å². The molecule has 0 spiro atoms. The van der Waals surface area contributed by atoms with Gasteiger partial charge in [-0.15, -0.1) is 0 Å². The second kappa shape index (κ2) is 19.1. The predicted octanol–water partition coefficient (Wildman–Crippen LogP) is 10.3. The number of esters is 1. The van der Waals surface area contributed by atoms with Crippen molar-refractivity contribution in [2.75, 3.05) is 13.2 Å². The number of benzene rings is 1. The van der Waals surface area contributed by atoms with Crippen LogP contribution in [0, 0.1) is 11.8 Å². The van der Waals surface area contributed by atoms with Crippen LogP contribution in [-0.2, 0) is 14.9 Å². The summed E-state index contributed by atoms with van der Waals surface area (Å²) in [5, 5.41) is 0. The van der Waals surface area contributed by atoms with Crippen molar-refractivity contribution < 1.29 is 14.3 Å². The van der Waals surface area contributed by atoms with Gasteiger partial charge in [-0.05, 0) is 67.0 Å². The van der Waals surface area contributed by atoms with E-state index in [-0.39, 0.29) is 16.8 Å². The zero-order valence-corrected chi connectivity index (χ0v) is 27.5. The third kappa shape index (κ3) is 12.1. The fourth-order valence-corrected chi connectivity index (χ4v) is 7.05. The number of hydrogen-bond acceptors (Lipinski definition) is 5. The summed E-state index contributed by atoms with van der Waals surface area (Å²) in [5.41, 5.74) is 3.61. The van der Waals surface area contributed by atoms with Gasteiger partial charge in [0.1, 0.15) is 11.1 Å². The minimum Gasteiger partial charge on any atom is -0.462 e. The number of ether oxygens (including phenoxy) is 2. The molecule has 5 heteroatoms. The normalized spacial score (nSPS) is 15.5. The summed E-state index contributed by atoms with van der Waals surface area (Å²) < 4.78 is 11.4. The number of thioether (sulfide) groups is 1. The average molecular weight is 592 g/mol. The summed E-state index contributed by atoms with van der Waals surface area (Å²) in [6.07, 6.45) is 21.8. The van der Waals surface area contributed by atoms with Gasteiger partial charge in [-0.3, -0.25) is 0 Å². The molecule has 0 saturated carbocycles. The summed E-state index contributed by atoms with van der Waals surface area (Å²) in [7, 11) is 0. The van der Waals surface area contributed by atoms with E-state index in [9.17, 15) is 4.79 Å². The van der Waals surface area contributed by atoms with Crippen molar-refractivity contribution in [1.82, 2.24) is 4.98 Å². The van der Waals surface area contributed by atoms with Gasteiger partial charge in [-0.25, -0.2) is 9.78 Å². The molecule has 1 aromatic carbocycles. The molecule has 0 bridgehead atoms. The highest BCUT2D eigenvalue weighted by Gasteiger charge is 2.34. The highest BCUT2D eigenvalue weighted by Crippen LogP contribution is 2.46. The molecule has 230 valence electrons. The van der Waals surface area contributed by atoms with Gasteiger partial charge >= 0.3 is 5.97 Å². The maximum atomic E-state index is 11.8. The fourth-order valence-electron chi connectivity index (χ4n) is 5.49. The monoisotopic (exact) mass is 591 g/mol. The second-order valence-electron chi connectivity index (χ2n) is 12.2. The maximum Gasteiger partial charge on any atom is 0.339 e. The van der Waals surface area contributed by atoms with E-state index in [1.165, 1.54) is 100 Å². The summed E-state index contributed by atoms with van der Waals surface area (Å²) in [6, 6.07) is 9.95. The molecule has 1 aliphatic heterocycles. The van der Waals surface area contributed by atoms with Crippen molar-refractivity contribution in [3.8, 4) is 11.8 Å². The minimum absolute atomic E-state index is 0.0258. The Morgan fingerprint density at radius 3 is 2.12 bits per heavy atom. The lowest BCUT2D eigenvalue weighted by atomic mass is 9.80. The van der Waals surface area contributed by atoms with Gasteiger partial charge in [0.25, 0.3) is 0 Å². The van der Waals surface area contributed by atoms with Gasteiger partial charge < -0.3 is 9.47 Å². The molecule has 3 rings (SSSR count). The van der Waals surface area contributed by atoms with Crippen LogP contribution in [0.5, 0.6) is 0 Å². The zero-order chi connectivity index (χ0) is 30.0. The molecule has 0 saturated heterocycles. The summed E-state index contributed by atoms with van der Waals surface area (Å²) in [4.78, 5) is 17.4. The van der Waals surface area contributed by atoms with Crippen LogP contribution in [0.25, 0.3) is 0 Å². The van der Waals surface area contributed by atoms with Crippen LogP contribution in [0.1, 0.15) is 151 Å². The molecule has 1 aromatic heterocycles. The molecule has 1 unspecified atom stereocenters. The number of aromatic nitrogens is 1. The number of hydrogen-bond donors (Lipinski definition) is 0. The standard InChI is InChI=1S/C37H53NO3S/c1-5-7-8-9-10-11-12-13-14-15-16-17-18-19-26-41-35-28-37(3,4)33-27-30(21-25-34(33)42-35)20-23-32-24-22-31(29-38-32)36(39)40-6-2/h21-22,24-25,27,29,35H,5-19,26,28H2,1-4H3. The van der Waals surface area contributed by atoms with E-state index in [1.807, 2.05) is 11.8 Å². The van der Waals surface area contributed by atoms with E-state index in [2.05, 4.69) is 55.8 Å². The molecular formula is C37H53NO3S. The van der Waals surface area contributed by atoms with Gasteiger partial charge in [-0.2, -0.15) is 0 Å². The van der Waals surface area contributed by atoms with E-state index in [0.717, 1.165) is 25.0 Å². The number of carbonyl (C=O) groups excluding carboxylic acids is 1. The number of nitrogens with zero attached hydrogens (tertiary/aromatic N) is 1. The van der Waals surface area contributed by atoms with E-state index >= 15 is 0 Å². The van der Waals surface area contributed by atoms with E-state index in [0.29, 0.717) is 17.9 Å². The van der Waals surface area contributed by atoms with Crippen LogP contribution in [-0.4, -0.2) is 29.6 Å². The van der Waals surface area contributed by atoms with Crippen LogP contribution in [0.4, 0.5) is 0 Å². The first kappa shape index (κ1) is 34.2. The number of pyridine rings is 1. The Hall–Kier alpha value is -2.29. The molecule has 2 heterocycles. The van der Waals surface area contributed by atoms with Crippen molar-refractivity contribution >= 4 is 17.7 Å². The molecule has 1 atom stereocenters. The van der Waals surface area contributed by atoms with Crippen LogP contribution < -0.4 is 0 Å². The minimum atomic E-state index is -0.360. The van der Waals surface area contributed by atoms with Gasteiger partial charge in [-0.1, -0.05) is 122 Å². The third-order valence-corrected chi connectivity index (χ3v) is 9.23. The van der Waals surface area contributed by atoms with Crippen LogP contribution in [0.2, 0.25) is 0 Å². The molecule has 0 aliphatic carbocycles. The Kier molecular flexibility index (Phi) is 15.5. The Morgan fingerprint density at radius 1 is 0.881 bits per heavy atom. The molecule has 0 amide bonds. The summed E-state index contributed by atoms with van der Waals surface area (Å²) in [6.45, 7) is 9.89. The van der Waals surface area contributed by atoms with Crippen molar-refractivity contribution in [2.45, 2.75) is 140 Å². The third-order valence-electron chi connectivity index (χ3n) is 8.06. The van der Waals surface area contributed by atoms with Crippen LogP contribution >= 0.6 is 11.8 Å². The lowest BCUT2D eigenvalue weighted by Crippen LogP contribution is -2.30. The first-order chi connectivity index (χ1) is 20.4. The lowest BCUT2D eigenvalue weighted by Gasteiger charge is -2.37. The Balaban J connectivity index is 1.34. The highest BCUT2D eigenvalue weighted by molar-refractivity contribution is 7.99. The molecule has 0 fully saturated rings. The molecule has 1 aliphatic rings. The lowest BCUT2D eigenvalue weighted by molar-refractivity contribution is 0.0526. The Labute approximate surface area is 260 Å². The molecule has 2 aromatic rings. The fraction of sp³-hybridized carbons (Fsp3) is 0.622. The van der Waals surface area contributed by atoms with Crippen molar-refractivity contribution in [3.63, 3.8) is 0 Å².